The fourth-order valence-electron chi connectivity index (χ4n) is 3.69. The molecule has 2 aromatic carbocycles. The van der Waals surface area contributed by atoms with Gasteiger partial charge in [-0.15, -0.1) is 10.2 Å². The maximum absolute atomic E-state index is 12.3. The molecule has 0 aliphatic rings. The molecule has 4 rings (SSSR count). The number of rotatable bonds is 6. The van der Waals surface area contributed by atoms with Crippen molar-refractivity contribution >= 4 is 11.8 Å². The van der Waals surface area contributed by atoms with Crippen molar-refractivity contribution in [2.75, 3.05) is 7.11 Å². The van der Waals surface area contributed by atoms with E-state index in [1.807, 2.05) is 28.8 Å². The highest BCUT2D eigenvalue weighted by Crippen LogP contribution is 2.31. The molecule has 0 aliphatic heterocycles. The SMILES string of the molecule is COc1ccc(-n2c(SCc3cc(=O)n(C)c(=O)n3C)nnc2-c2ccc(C(C)(C)C)cc2)cc1. The molecule has 0 saturated carbocycles. The first kappa shape index (κ1) is 24.5. The van der Waals surface area contributed by atoms with Crippen molar-refractivity contribution in [2.24, 2.45) is 14.1 Å². The van der Waals surface area contributed by atoms with Gasteiger partial charge in [0.15, 0.2) is 11.0 Å². The molecule has 2 heterocycles. The average Bonchev–Trinajstić information content (AvgIpc) is 3.27. The molecule has 0 fully saturated rings. The third-order valence-corrected chi connectivity index (χ3v) is 6.91. The summed E-state index contributed by atoms with van der Waals surface area (Å²) in [5.41, 5.74) is 3.03. The van der Waals surface area contributed by atoms with Gasteiger partial charge in [0.1, 0.15) is 5.75 Å². The molecule has 0 radical (unpaired) electrons. The predicted molar refractivity (Wildman–Crippen MR) is 139 cm³/mol. The van der Waals surface area contributed by atoms with Crippen LogP contribution in [0.5, 0.6) is 5.75 Å². The molecule has 0 amide bonds. The van der Waals surface area contributed by atoms with E-state index >= 15 is 0 Å². The van der Waals surface area contributed by atoms with Gasteiger partial charge in [0, 0.05) is 42.9 Å². The number of aromatic nitrogens is 5. The number of hydrogen-bond donors (Lipinski definition) is 0. The van der Waals surface area contributed by atoms with Crippen molar-refractivity contribution in [3.8, 4) is 22.8 Å². The summed E-state index contributed by atoms with van der Waals surface area (Å²) in [4.78, 5) is 24.5. The highest BCUT2D eigenvalue weighted by molar-refractivity contribution is 7.98. The molecule has 0 aliphatic carbocycles. The molecule has 0 N–H and O–H groups in total. The summed E-state index contributed by atoms with van der Waals surface area (Å²) in [6.07, 6.45) is 0. The van der Waals surface area contributed by atoms with Gasteiger partial charge in [-0.05, 0) is 35.2 Å². The van der Waals surface area contributed by atoms with Crippen molar-refractivity contribution in [3.05, 3.63) is 86.7 Å². The van der Waals surface area contributed by atoms with Crippen LogP contribution in [0.15, 0.2) is 69.3 Å². The van der Waals surface area contributed by atoms with Gasteiger partial charge in [0.25, 0.3) is 5.56 Å². The zero-order valence-corrected chi connectivity index (χ0v) is 21.6. The van der Waals surface area contributed by atoms with E-state index in [0.717, 1.165) is 21.6 Å². The molecule has 4 aromatic rings. The summed E-state index contributed by atoms with van der Waals surface area (Å²) in [6, 6.07) is 17.5. The third-order valence-electron chi connectivity index (χ3n) is 5.95. The van der Waals surface area contributed by atoms with E-state index in [4.69, 9.17) is 4.74 Å². The second kappa shape index (κ2) is 9.58. The van der Waals surface area contributed by atoms with Gasteiger partial charge in [0.05, 0.1) is 7.11 Å². The lowest BCUT2D eigenvalue weighted by molar-refractivity contribution is 0.414. The van der Waals surface area contributed by atoms with Gasteiger partial charge in [-0.2, -0.15) is 0 Å². The van der Waals surface area contributed by atoms with Crippen LogP contribution in [-0.4, -0.2) is 31.0 Å². The lowest BCUT2D eigenvalue weighted by Gasteiger charge is -2.19. The molecule has 0 unspecified atom stereocenters. The normalized spacial score (nSPS) is 11.6. The first-order valence-corrected chi connectivity index (χ1v) is 12.2. The quantitative estimate of drug-likeness (QED) is 0.380. The Balaban J connectivity index is 1.76. The van der Waals surface area contributed by atoms with E-state index in [0.29, 0.717) is 22.4 Å². The first-order chi connectivity index (χ1) is 16.6. The number of ether oxygens (including phenoxy) is 1. The van der Waals surface area contributed by atoms with Crippen molar-refractivity contribution in [2.45, 2.75) is 37.1 Å². The van der Waals surface area contributed by atoms with E-state index in [-0.39, 0.29) is 16.7 Å². The minimum Gasteiger partial charge on any atom is -0.497 e. The molecule has 0 bridgehead atoms. The van der Waals surface area contributed by atoms with E-state index in [9.17, 15) is 9.59 Å². The maximum Gasteiger partial charge on any atom is 0.330 e. The van der Waals surface area contributed by atoms with Crippen molar-refractivity contribution in [1.82, 2.24) is 23.9 Å². The molecular formula is C26H29N5O3S. The van der Waals surface area contributed by atoms with Crippen LogP contribution in [0.1, 0.15) is 32.0 Å². The van der Waals surface area contributed by atoms with Crippen LogP contribution in [0.3, 0.4) is 0 Å². The van der Waals surface area contributed by atoms with Gasteiger partial charge in [0.2, 0.25) is 0 Å². The summed E-state index contributed by atoms with van der Waals surface area (Å²) in [5.74, 6) is 1.84. The Morgan fingerprint density at radius 2 is 1.57 bits per heavy atom. The third kappa shape index (κ3) is 4.95. The van der Waals surface area contributed by atoms with Crippen LogP contribution in [0, 0.1) is 0 Å². The first-order valence-electron chi connectivity index (χ1n) is 11.2. The van der Waals surface area contributed by atoms with Gasteiger partial charge >= 0.3 is 5.69 Å². The van der Waals surface area contributed by atoms with Crippen LogP contribution >= 0.6 is 11.8 Å². The second-order valence-corrected chi connectivity index (χ2v) is 10.3. The number of hydrogen-bond acceptors (Lipinski definition) is 6. The minimum absolute atomic E-state index is 0.0475. The molecular weight excluding hydrogens is 462 g/mol. The van der Waals surface area contributed by atoms with Crippen molar-refractivity contribution < 1.29 is 4.74 Å². The monoisotopic (exact) mass is 491 g/mol. The van der Waals surface area contributed by atoms with Crippen molar-refractivity contribution in [3.63, 3.8) is 0 Å². The van der Waals surface area contributed by atoms with E-state index in [2.05, 4.69) is 55.2 Å². The average molecular weight is 492 g/mol. The zero-order valence-electron chi connectivity index (χ0n) is 20.8. The van der Waals surface area contributed by atoms with Crippen LogP contribution in [-0.2, 0) is 25.3 Å². The molecule has 182 valence electrons. The molecule has 0 spiro atoms. The Kier molecular flexibility index (Phi) is 6.71. The van der Waals surface area contributed by atoms with Gasteiger partial charge in [-0.25, -0.2) is 4.79 Å². The van der Waals surface area contributed by atoms with Crippen LogP contribution < -0.4 is 16.0 Å². The topological polar surface area (TPSA) is 83.9 Å². The lowest BCUT2D eigenvalue weighted by Crippen LogP contribution is -2.37. The van der Waals surface area contributed by atoms with E-state index < -0.39 is 0 Å². The Bertz CT molecular complexity index is 1460. The fourth-order valence-corrected chi connectivity index (χ4v) is 4.66. The molecule has 0 atom stereocenters. The van der Waals surface area contributed by atoms with Crippen molar-refractivity contribution in [1.29, 1.82) is 0 Å². The van der Waals surface area contributed by atoms with Crippen LogP contribution in [0.2, 0.25) is 0 Å². The smallest absolute Gasteiger partial charge is 0.330 e. The number of benzene rings is 2. The molecule has 2 aromatic heterocycles. The summed E-state index contributed by atoms with van der Waals surface area (Å²) >= 11 is 1.42. The van der Waals surface area contributed by atoms with Gasteiger partial charge in [-0.1, -0.05) is 56.8 Å². The Morgan fingerprint density at radius 3 is 2.17 bits per heavy atom. The molecule has 9 heteroatoms. The highest BCUT2D eigenvalue weighted by Gasteiger charge is 2.19. The van der Waals surface area contributed by atoms with Crippen LogP contribution in [0.4, 0.5) is 0 Å². The Morgan fingerprint density at radius 1 is 0.914 bits per heavy atom. The maximum atomic E-state index is 12.3. The predicted octanol–water partition coefficient (Wildman–Crippen LogP) is 3.93. The van der Waals surface area contributed by atoms with Crippen LogP contribution in [0.25, 0.3) is 17.1 Å². The summed E-state index contributed by atoms with van der Waals surface area (Å²) in [7, 11) is 4.76. The molecule has 8 nitrogen and oxygen atoms in total. The summed E-state index contributed by atoms with van der Waals surface area (Å²) in [6.45, 7) is 6.54. The number of thioether (sulfide) groups is 1. The largest absolute Gasteiger partial charge is 0.497 e. The van der Waals surface area contributed by atoms with E-state index in [1.54, 1.807) is 14.2 Å². The highest BCUT2D eigenvalue weighted by atomic mass is 32.2. The van der Waals surface area contributed by atoms with E-state index in [1.165, 1.54) is 35.0 Å². The van der Waals surface area contributed by atoms with Gasteiger partial charge in [-0.3, -0.25) is 18.5 Å². The Labute approximate surface area is 208 Å². The Hall–Kier alpha value is -3.59. The fraction of sp³-hybridized carbons (Fsp3) is 0.308. The van der Waals surface area contributed by atoms with Gasteiger partial charge < -0.3 is 4.74 Å². The summed E-state index contributed by atoms with van der Waals surface area (Å²) < 4.78 is 9.87. The standard InChI is InChI=1S/C26H29N5O3S/c1-26(2,3)18-9-7-17(8-10-18)23-27-28-24(31(23)19-11-13-21(34-6)14-12-19)35-16-20-15-22(32)30(5)25(33)29(20)4/h7-15H,16H2,1-6H3. The number of methoxy groups -OCH3 is 1. The minimum atomic E-state index is -0.357. The number of nitrogens with zero attached hydrogens (tertiary/aromatic N) is 5. The molecule has 0 saturated heterocycles. The molecule has 35 heavy (non-hydrogen) atoms. The second-order valence-electron chi connectivity index (χ2n) is 9.33. The lowest BCUT2D eigenvalue weighted by atomic mass is 9.87. The summed E-state index contributed by atoms with van der Waals surface area (Å²) in [5, 5.41) is 9.62. The zero-order chi connectivity index (χ0) is 25.3.